The van der Waals surface area contributed by atoms with Crippen molar-refractivity contribution >= 4 is 22.6 Å². The lowest BCUT2D eigenvalue weighted by Gasteiger charge is -2.11. The molecule has 0 aliphatic carbocycles. The molecule has 0 aliphatic rings. The number of benzene rings is 1. The molecule has 3 aromatic rings. The maximum atomic E-state index is 12.6. The van der Waals surface area contributed by atoms with Gasteiger partial charge in [-0.15, -0.1) is 0 Å². The molecule has 1 N–H and O–H groups in total. The van der Waals surface area contributed by atoms with E-state index in [1.54, 1.807) is 18.2 Å². The molecule has 0 saturated heterocycles. The molecule has 3 rings (SSSR count). The lowest BCUT2D eigenvalue weighted by molar-refractivity contribution is 0.102. The second-order valence-electron chi connectivity index (χ2n) is 5.86. The molecule has 0 atom stereocenters. The Morgan fingerprint density at radius 1 is 1.00 bits per heavy atom. The van der Waals surface area contributed by atoms with Gasteiger partial charge in [0.05, 0.1) is 31.5 Å². The molecule has 0 aliphatic heterocycles. The highest BCUT2D eigenvalue weighted by molar-refractivity contribution is 6.05. The van der Waals surface area contributed by atoms with Crippen molar-refractivity contribution in [3.05, 3.63) is 56.9 Å². The summed E-state index contributed by atoms with van der Waals surface area (Å²) in [5, 5.41) is 2.91. The van der Waals surface area contributed by atoms with Gasteiger partial charge in [0.15, 0.2) is 0 Å². The van der Waals surface area contributed by atoms with Crippen LogP contribution in [-0.4, -0.2) is 34.2 Å². The molecule has 0 bridgehead atoms. The van der Waals surface area contributed by atoms with E-state index < -0.39 is 17.2 Å². The van der Waals surface area contributed by atoms with Crippen LogP contribution >= 0.6 is 0 Å². The summed E-state index contributed by atoms with van der Waals surface area (Å²) in [4.78, 5) is 41.0. The fourth-order valence-electron chi connectivity index (χ4n) is 2.68. The van der Waals surface area contributed by atoms with E-state index in [4.69, 9.17) is 9.47 Å². The number of methoxy groups -OCH3 is 2. The van der Waals surface area contributed by atoms with E-state index in [2.05, 4.69) is 10.3 Å². The van der Waals surface area contributed by atoms with Crippen molar-refractivity contribution in [2.24, 2.45) is 14.1 Å². The summed E-state index contributed by atoms with van der Waals surface area (Å²) >= 11 is 0. The predicted molar refractivity (Wildman–Crippen MR) is 99.7 cm³/mol. The van der Waals surface area contributed by atoms with E-state index >= 15 is 0 Å². The molecule has 0 radical (unpaired) electrons. The minimum Gasteiger partial charge on any atom is -0.497 e. The largest absolute Gasteiger partial charge is 0.497 e. The Bertz CT molecular complexity index is 1140. The van der Waals surface area contributed by atoms with Gasteiger partial charge in [0, 0.05) is 25.7 Å². The van der Waals surface area contributed by atoms with Crippen molar-refractivity contribution < 1.29 is 14.3 Å². The lowest BCUT2D eigenvalue weighted by atomic mass is 10.2. The molecule has 0 unspecified atom stereocenters. The average molecular weight is 370 g/mol. The molecule has 9 nitrogen and oxygen atoms in total. The minimum atomic E-state index is -0.486. The highest BCUT2D eigenvalue weighted by Crippen LogP contribution is 2.23. The topological polar surface area (TPSA) is 104 Å². The fourth-order valence-corrected chi connectivity index (χ4v) is 2.68. The van der Waals surface area contributed by atoms with Crippen molar-refractivity contribution in [2.45, 2.75) is 0 Å². The molecule has 0 spiro atoms. The van der Waals surface area contributed by atoms with Crippen molar-refractivity contribution in [1.82, 2.24) is 14.1 Å². The van der Waals surface area contributed by atoms with Crippen LogP contribution in [0.4, 0.5) is 5.69 Å². The standard InChI is InChI=1S/C18H18N4O5/c1-21-15-14(17(24)22(2)18(21)25)7-11(9-19-15)20-16(23)10-5-12(26-3)8-13(6-10)27-4/h5-9H,1-4H3,(H,20,23). The van der Waals surface area contributed by atoms with Crippen LogP contribution in [0.5, 0.6) is 11.5 Å². The first-order valence-electron chi connectivity index (χ1n) is 7.96. The molecule has 0 fully saturated rings. The number of hydrogen-bond acceptors (Lipinski definition) is 6. The predicted octanol–water partition coefficient (Wildman–Crippen LogP) is 0.902. The first-order valence-corrected chi connectivity index (χ1v) is 7.96. The normalized spacial score (nSPS) is 10.7. The molecular formula is C18H18N4O5. The maximum Gasteiger partial charge on any atom is 0.332 e. The van der Waals surface area contributed by atoms with Gasteiger partial charge in [0.2, 0.25) is 0 Å². The van der Waals surface area contributed by atoms with Crippen LogP contribution in [0.25, 0.3) is 11.0 Å². The average Bonchev–Trinajstić information content (AvgIpc) is 2.70. The summed E-state index contributed by atoms with van der Waals surface area (Å²) in [5.74, 6) is 0.523. The smallest absolute Gasteiger partial charge is 0.332 e. The van der Waals surface area contributed by atoms with E-state index in [0.29, 0.717) is 22.7 Å². The third kappa shape index (κ3) is 3.26. The van der Waals surface area contributed by atoms with E-state index in [-0.39, 0.29) is 11.0 Å². The molecule has 2 heterocycles. The molecular weight excluding hydrogens is 352 g/mol. The lowest BCUT2D eigenvalue weighted by Crippen LogP contribution is -2.37. The molecule has 140 valence electrons. The summed E-state index contributed by atoms with van der Waals surface area (Å²) in [6.07, 6.45) is 1.39. The maximum absolute atomic E-state index is 12.6. The number of anilines is 1. The Labute approximate surface area is 153 Å². The van der Waals surface area contributed by atoms with Crippen LogP contribution in [-0.2, 0) is 14.1 Å². The number of aromatic nitrogens is 3. The monoisotopic (exact) mass is 370 g/mol. The number of nitrogens with zero attached hydrogens (tertiary/aromatic N) is 3. The first kappa shape index (κ1) is 18.2. The quantitative estimate of drug-likeness (QED) is 0.732. The van der Waals surface area contributed by atoms with E-state index in [9.17, 15) is 14.4 Å². The van der Waals surface area contributed by atoms with Gasteiger partial charge in [-0.25, -0.2) is 9.78 Å². The van der Waals surface area contributed by atoms with Crippen LogP contribution in [0.3, 0.4) is 0 Å². The van der Waals surface area contributed by atoms with Gasteiger partial charge in [0.25, 0.3) is 11.5 Å². The van der Waals surface area contributed by atoms with Gasteiger partial charge in [-0.3, -0.25) is 18.7 Å². The summed E-state index contributed by atoms with van der Waals surface area (Å²) in [6.45, 7) is 0. The number of amides is 1. The number of fused-ring (bicyclic) bond motifs is 1. The summed E-state index contributed by atoms with van der Waals surface area (Å²) in [7, 11) is 5.89. The van der Waals surface area contributed by atoms with Crippen LogP contribution in [0.15, 0.2) is 40.1 Å². The molecule has 27 heavy (non-hydrogen) atoms. The second-order valence-corrected chi connectivity index (χ2v) is 5.86. The Hall–Kier alpha value is -3.62. The number of pyridine rings is 1. The Balaban J connectivity index is 2.01. The highest BCUT2D eigenvalue weighted by atomic mass is 16.5. The van der Waals surface area contributed by atoms with Crippen LogP contribution < -0.4 is 26.0 Å². The molecule has 2 aromatic heterocycles. The number of carbonyl (C=O) groups excluding carboxylic acids is 1. The third-order valence-electron chi connectivity index (χ3n) is 4.16. The summed E-state index contributed by atoms with van der Waals surface area (Å²) < 4.78 is 12.6. The number of hydrogen-bond donors (Lipinski definition) is 1. The van der Waals surface area contributed by atoms with Crippen LogP contribution in [0, 0.1) is 0 Å². The van der Waals surface area contributed by atoms with Gasteiger partial charge >= 0.3 is 5.69 Å². The first-order chi connectivity index (χ1) is 12.8. The van der Waals surface area contributed by atoms with Gasteiger partial charge in [0.1, 0.15) is 17.1 Å². The van der Waals surface area contributed by atoms with Crippen LogP contribution in [0.1, 0.15) is 10.4 Å². The minimum absolute atomic E-state index is 0.223. The van der Waals surface area contributed by atoms with Gasteiger partial charge in [-0.1, -0.05) is 0 Å². The van der Waals surface area contributed by atoms with Crippen molar-refractivity contribution in [2.75, 3.05) is 19.5 Å². The van der Waals surface area contributed by atoms with E-state index in [0.717, 1.165) is 4.57 Å². The number of ether oxygens (including phenoxy) is 2. The van der Waals surface area contributed by atoms with Gasteiger partial charge in [-0.05, 0) is 18.2 Å². The number of aryl methyl sites for hydroxylation is 1. The third-order valence-corrected chi connectivity index (χ3v) is 4.16. The molecule has 1 aromatic carbocycles. The zero-order chi connectivity index (χ0) is 19.7. The van der Waals surface area contributed by atoms with Crippen LogP contribution in [0.2, 0.25) is 0 Å². The highest BCUT2D eigenvalue weighted by Gasteiger charge is 2.13. The second kappa shape index (κ2) is 6.94. The molecule has 1 amide bonds. The van der Waals surface area contributed by atoms with E-state index in [1.807, 2.05) is 0 Å². The fraction of sp³-hybridized carbons (Fsp3) is 0.222. The number of carbonyl (C=O) groups is 1. The number of rotatable bonds is 4. The summed E-state index contributed by atoms with van der Waals surface area (Å²) in [6, 6.07) is 6.27. The van der Waals surface area contributed by atoms with Crippen molar-refractivity contribution in [3.63, 3.8) is 0 Å². The molecule has 0 saturated carbocycles. The van der Waals surface area contributed by atoms with Crippen molar-refractivity contribution in [1.29, 1.82) is 0 Å². The van der Waals surface area contributed by atoms with Crippen molar-refractivity contribution in [3.8, 4) is 11.5 Å². The van der Waals surface area contributed by atoms with Gasteiger partial charge < -0.3 is 14.8 Å². The molecule has 9 heteroatoms. The zero-order valence-corrected chi connectivity index (χ0v) is 15.3. The van der Waals surface area contributed by atoms with Gasteiger partial charge in [-0.2, -0.15) is 0 Å². The van der Waals surface area contributed by atoms with E-state index in [1.165, 1.54) is 45.1 Å². The zero-order valence-electron chi connectivity index (χ0n) is 15.3. The summed E-state index contributed by atoms with van der Waals surface area (Å²) in [5.41, 5.74) is -0.0751. The Morgan fingerprint density at radius 3 is 2.22 bits per heavy atom. The Morgan fingerprint density at radius 2 is 1.63 bits per heavy atom. The Kier molecular flexibility index (Phi) is 4.68. The number of nitrogens with one attached hydrogen (secondary N) is 1. The SMILES string of the molecule is COc1cc(OC)cc(C(=O)Nc2cnc3c(c2)c(=O)n(C)c(=O)n3C)c1.